The Morgan fingerprint density at radius 3 is 2.90 bits per heavy atom. The topological polar surface area (TPSA) is 46.5 Å². The minimum absolute atomic E-state index is 0.648. The number of nitrogens with zero attached hydrogens (tertiary/aromatic N) is 3. The van der Waals surface area contributed by atoms with Crippen molar-refractivity contribution in [3.63, 3.8) is 0 Å². The molecule has 0 radical (unpaired) electrons. The van der Waals surface area contributed by atoms with Gasteiger partial charge in [-0.15, -0.1) is 0 Å². The Morgan fingerprint density at radius 2 is 2.14 bits per heavy atom. The van der Waals surface area contributed by atoms with Crippen LogP contribution in [0.15, 0.2) is 18.2 Å². The molecule has 4 rings (SSSR count). The molecule has 0 aliphatic heterocycles. The molecule has 2 heterocycles. The summed E-state index contributed by atoms with van der Waals surface area (Å²) in [5, 5.41) is 8.54. The summed E-state index contributed by atoms with van der Waals surface area (Å²) >= 11 is 5.28. The van der Waals surface area contributed by atoms with E-state index in [9.17, 15) is 0 Å². The number of H-pyrrole nitrogens is 1. The number of hydrogen-bond donors (Lipinski definition) is 1. The van der Waals surface area contributed by atoms with Crippen molar-refractivity contribution >= 4 is 23.1 Å². The zero-order valence-corrected chi connectivity index (χ0v) is 12.9. The molecule has 0 atom stereocenters. The van der Waals surface area contributed by atoms with Gasteiger partial charge in [-0.25, -0.2) is 0 Å². The number of rotatable bonds is 1. The van der Waals surface area contributed by atoms with Gasteiger partial charge in [-0.1, -0.05) is 11.6 Å². The first-order valence-electron chi connectivity index (χ1n) is 7.19. The summed E-state index contributed by atoms with van der Waals surface area (Å²) in [5.41, 5.74) is 6.04. The smallest absolute Gasteiger partial charge is 0.195 e. The van der Waals surface area contributed by atoms with Gasteiger partial charge in [0.25, 0.3) is 0 Å². The zero-order chi connectivity index (χ0) is 14.6. The number of fused-ring (bicyclic) bond motifs is 2. The molecule has 1 aromatic carbocycles. The van der Waals surface area contributed by atoms with Gasteiger partial charge < -0.3 is 4.57 Å². The SMILES string of the molecule is Cc1ccc2nc3c(c(-c4n[nH]c(=S)n4C)c2c1)CCC3. The molecule has 1 N–H and O–H groups in total. The van der Waals surface area contributed by atoms with E-state index in [2.05, 4.69) is 35.3 Å². The maximum Gasteiger partial charge on any atom is 0.195 e. The minimum atomic E-state index is 0.648. The third-order valence-electron chi connectivity index (χ3n) is 4.27. The predicted molar refractivity (Wildman–Crippen MR) is 85.9 cm³/mol. The minimum Gasteiger partial charge on any atom is -0.303 e. The number of aryl methyl sites for hydroxylation is 2. The summed E-state index contributed by atoms with van der Waals surface area (Å²) in [4.78, 5) is 4.85. The van der Waals surface area contributed by atoms with E-state index in [4.69, 9.17) is 17.2 Å². The average Bonchev–Trinajstić information content (AvgIpc) is 3.05. The standard InChI is InChI=1S/C16H16N4S/c1-9-6-7-13-11(8-9)14(10-4-3-5-12(10)17-13)15-18-19-16(21)20(15)2/h6-8H,3-5H2,1-2H3,(H,19,21). The third kappa shape index (κ3) is 1.84. The van der Waals surface area contributed by atoms with E-state index in [-0.39, 0.29) is 0 Å². The fourth-order valence-electron chi connectivity index (χ4n) is 3.20. The molecule has 5 heteroatoms. The van der Waals surface area contributed by atoms with Crippen LogP contribution < -0.4 is 0 Å². The van der Waals surface area contributed by atoms with Crippen LogP contribution in [-0.4, -0.2) is 19.7 Å². The molecule has 4 nitrogen and oxygen atoms in total. The van der Waals surface area contributed by atoms with Crippen molar-refractivity contribution in [1.82, 2.24) is 19.7 Å². The maximum absolute atomic E-state index is 5.28. The number of hydrogen-bond acceptors (Lipinski definition) is 3. The normalized spacial score (nSPS) is 13.8. The second-order valence-corrected chi connectivity index (χ2v) is 6.08. The first-order valence-corrected chi connectivity index (χ1v) is 7.60. The van der Waals surface area contributed by atoms with Crippen molar-refractivity contribution in [3.05, 3.63) is 39.8 Å². The summed E-state index contributed by atoms with van der Waals surface area (Å²) in [5.74, 6) is 0.913. The number of aromatic nitrogens is 4. The van der Waals surface area contributed by atoms with E-state index >= 15 is 0 Å². The molecule has 0 spiro atoms. The zero-order valence-electron chi connectivity index (χ0n) is 12.1. The van der Waals surface area contributed by atoms with Gasteiger partial charge >= 0.3 is 0 Å². The molecule has 21 heavy (non-hydrogen) atoms. The highest BCUT2D eigenvalue weighted by atomic mass is 32.1. The second kappa shape index (κ2) is 4.49. The molecule has 0 fully saturated rings. The largest absolute Gasteiger partial charge is 0.303 e. The van der Waals surface area contributed by atoms with Gasteiger partial charge in [-0.3, -0.25) is 10.1 Å². The van der Waals surface area contributed by atoms with Crippen LogP contribution >= 0.6 is 12.2 Å². The first-order chi connectivity index (χ1) is 10.1. The van der Waals surface area contributed by atoms with Crippen LogP contribution in [0, 0.1) is 11.7 Å². The molecular formula is C16H16N4S. The van der Waals surface area contributed by atoms with Crippen LogP contribution in [0.1, 0.15) is 23.2 Å². The highest BCUT2D eigenvalue weighted by Crippen LogP contribution is 2.36. The molecule has 1 aliphatic carbocycles. The number of pyridine rings is 1. The van der Waals surface area contributed by atoms with Gasteiger partial charge in [0, 0.05) is 23.7 Å². The summed E-state index contributed by atoms with van der Waals surface area (Å²) in [6, 6.07) is 6.42. The molecule has 0 bridgehead atoms. The van der Waals surface area contributed by atoms with Gasteiger partial charge in [-0.2, -0.15) is 5.10 Å². The lowest BCUT2D eigenvalue weighted by Crippen LogP contribution is -2.00. The van der Waals surface area contributed by atoms with Gasteiger partial charge in [0.2, 0.25) is 0 Å². The van der Waals surface area contributed by atoms with E-state index in [0.717, 1.165) is 24.2 Å². The molecule has 106 valence electrons. The van der Waals surface area contributed by atoms with Crippen molar-refractivity contribution in [3.8, 4) is 11.4 Å². The molecule has 0 amide bonds. The maximum atomic E-state index is 5.28. The van der Waals surface area contributed by atoms with Crippen LogP contribution in [0.2, 0.25) is 0 Å². The number of benzene rings is 1. The van der Waals surface area contributed by atoms with Crippen molar-refractivity contribution in [1.29, 1.82) is 0 Å². The van der Waals surface area contributed by atoms with Crippen molar-refractivity contribution in [2.75, 3.05) is 0 Å². The van der Waals surface area contributed by atoms with Gasteiger partial charge in [0.05, 0.1) is 5.52 Å². The Kier molecular flexibility index (Phi) is 2.72. The molecular weight excluding hydrogens is 280 g/mol. The Morgan fingerprint density at radius 1 is 1.29 bits per heavy atom. The van der Waals surface area contributed by atoms with Crippen LogP contribution in [0.3, 0.4) is 0 Å². The average molecular weight is 296 g/mol. The van der Waals surface area contributed by atoms with Gasteiger partial charge in [0.15, 0.2) is 10.6 Å². The fourth-order valence-corrected chi connectivity index (χ4v) is 3.33. The molecule has 0 saturated heterocycles. The van der Waals surface area contributed by atoms with E-state index < -0.39 is 0 Å². The lowest BCUT2D eigenvalue weighted by atomic mass is 9.99. The lowest BCUT2D eigenvalue weighted by molar-refractivity contribution is 0.893. The summed E-state index contributed by atoms with van der Waals surface area (Å²) in [6.07, 6.45) is 3.29. The molecule has 0 saturated carbocycles. The fraction of sp³-hybridized carbons (Fsp3) is 0.312. The molecule has 0 unspecified atom stereocenters. The summed E-state index contributed by atoms with van der Waals surface area (Å²) in [6.45, 7) is 2.11. The number of aromatic amines is 1. The Labute approximate surface area is 127 Å². The monoisotopic (exact) mass is 296 g/mol. The third-order valence-corrected chi connectivity index (χ3v) is 4.64. The Balaban J connectivity index is 2.17. The van der Waals surface area contributed by atoms with Crippen LogP contribution in [-0.2, 0) is 19.9 Å². The van der Waals surface area contributed by atoms with Crippen LogP contribution in [0.4, 0.5) is 0 Å². The lowest BCUT2D eigenvalue weighted by Gasteiger charge is -2.12. The molecule has 1 aliphatic rings. The quantitative estimate of drug-likeness (QED) is 0.699. The Bertz CT molecular complexity index is 920. The highest BCUT2D eigenvalue weighted by molar-refractivity contribution is 7.71. The highest BCUT2D eigenvalue weighted by Gasteiger charge is 2.23. The van der Waals surface area contributed by atoms with Gasteiger partial charge in [-0.05, 0) is 56.1 Å². The van der Waals surface area contributed by atoms with Crippen molar-refractivity contribution in [2.45, 2.75) is 26.2 Å². The first kappa shape index (κ1) is 12.7. The summed E-state index contributed by atoms with van der Waals surface area (Å²) < 4.78 is 2.60. The Hall–Kier alpha value is -2.01. The molecule has 3 aromatic rings. The van der Waals surface area contributed by atoms with E-state index in [1.54, 1.807) is 0 Å². The predicted octanol–water partition coefficient (Wildman–Crippen LogP) is 3.49. The summed E-state index contributed by atoms with van der Waals surface area (Å²) in [7, 11) is 1.96. The van der Waals surface area contributed by atoms with Crippen LogP contribution in [0.25, 0.3) is 22.3 Å². The van der Waals surface area contributed by atoms with Crippen molar-refractivity contribution < 1.29 is 0 Å². The molecule has 2 aromatic heterocycles. The van der Waals surface area contributed by atoms with E-state index in [1.165, 1.54) is 34.2 Å². The second-order valence-electron chi connectivity index (χ2n) is 5.70. The van der Waals surface area contributed by atoms with E-state index in [1.807, 2.05) is 11.6 Å². The number of nitrogens with one attached hydrogen (secondary N) is 1. The van der Waals surface area contributed by atoms with Crippen LogP contribution in [0.5, 0.6) is 0 Å². The van der Waals surface area contributed by atoms with Crippen molar-refractivity contribution in [2.24, 2.45) is 7.05 Å². The van der Waals surface area contributed by atoms with Gasteiger partial charge in [0.1, 0.15) is 0 Å². The van der Waals surface area contributed by atoms with E-state index in [0.29, 0.717) is 4.77 Å².